The van der Waals surface area contributed by atoms with Crippen LogP contribution in [0.15, 0.2) is 30.9 Å². The summed E-state index contributed by atoms with van der Waals surface area (Å²) in [4.78, 5) is 0. The minimum atomic E-state index is -0.628. The fourth-order valence-corrected chi connectivity index (χ4v) is 1.46. The second-order valence-electron chi connectivity index (χ2n) is 3.41. The van der Waals surface area contributed by atoms with E-state index in [2.05, 4.69) is 6.58 Å². The Hall–Kier alpha value is -0.860. The Kier molecular flexibility index (Phi) is 4.79. The molecule has 0 heterocycles. The van der Waals surface area contributed by atoms with Gasteiger partial charge in [0.2, 0.25) is 0 Å². The number of hydrogen-bond donors (Lipinski definition) is 1. The van der Waals surface area contributed by atoms with Crippen LogP contribution in [0, 0.1) is 5.82 Å². The van der Waals surface area contributed by atoms with Crippen molar-refractivity contribution in [3.05, 3.63) is 47.3 Å². The van der Waals surface area contributed by atoms with Crippen molar-refractivity contribution in [2.24, 2.45) is 0 Å². The number of benzene rings is 1. The Morgan fingerprint density at radius 1 is 1.53 bits per heavy atom. The average Bonchev–Trinajstić information content (AvgIpc) is 2.22. The van der Waals surface area contributed by atoms with Gasteiger partial charge in [-0.2, -0.15) is 0 Å². The van der Waals surface area contributed by atoms with Crippen LogP contribution in [-0.2, 0) is 0 Å². The van der Waals surface area contributed by atoms with Crippen molar-refractivity contribution in [3.8, 4) is 0 Å². The van der Waals surface area contributed by atoms with Crippen molar-refractivity contribution in [1.29, 1.82) is 0 Å². The molecule has 0 saturated carbocycles. The van der Waals surface area contributed by atoms with Gasteiger partial charge in [0, 0.05) is 0 Å². The van der Waals surface area contributed by atoms with E-state index in [1.807, 2.05) is 0 Å². The maximum atomic E-state index is 13.1. The maximum absolute atomic E-state index is 13.1. The highest BCUT2D eigenvalue weighted by molar-refractivity contribution is 6.30. The number of allylic oxidation sites excluding steroid dienone is 1. The smallest absolute Gasteiger partial charge is 0.142 e. The van der Waals surface area contributed by atoms with E-state index in [0.717, 1.165) is 12.8 Å². The third-order valence-corrected chi connectivity index (χ3v) is 2.52. The highest BCUT2D eigenvalue weighted by Gasteiger charge is 2.09. The fraction of sp³-hybridized carbons (Fsp3) is 0.333. The lowest BCUT2D eigenvalue weighted by Crippen LogP contribution is -1.97. The number of hydrogen-bond acceptors (Lipinski definition) is 1. The summed E-state index contributed by atoms with van der Waals surface area (Å²) in [6.07, 6.45) is 3.47. The summed E-state index contributed by atoms with van der Waals surface area (Å²) in [5, 5.41) is 9.80. The summed E-state index contributed by atoms with van der Waals surface area (Å²) in [5.41, 5.74) is 0.570. The molecule has 0 aliphatic carbocycles. The van der Waals surface area contributed by atoms with Gasteiger partial charge in [0.1, 0.15) is 5.82 Å². The SMILES string of the molecule is C=CCCCC(O)c1ccc(Cl)c(F)c1. The zero-order valence-electron chi connectivity index (χ0n) is 8.42. The van der Waals surface area contributed by atoms with E-state index in [9.17, 15) is 9.50 Å². The van der Waals surface area contributed by atoms with Crippen molar-refractivity contribution in [1.82, 2.24) is 0 Å². The van der Waals surface area contributed by atoms with Crippen molar-refractivity contribution >= 4 is 11.6 Å². The Morgan fingerprint density at radius 2 is 2.27 bits per heavy atom. The van der Waals surface area contributed by atoms with Crippen molar-refractivity contribution in [2.75, 3.05) is 0 Å². The summed E-state index contributed by atoms with van der Waals surface area (Å²) < 4.78 is 13.1. The summed E-state index contributed by atoms with van der Waals surface area (Å²) in [5.74, 6) is -0.489. The zero-order valence-corrected chi connectivity index (χ0v) is 9.17. The van der Waals surface area contributed by atoms with Gasteiger partial charge in [-0.3, -0.25) is 0 Å². The largest absolute Gasteiger partial charge is 0.388 e. The molecule has 1 nitrogen and oxygen atoms in total. The van der Waals surface area contributed by atoms with Crippen LogP contribution in [0.3, 0.4) is 0 Å². The van der Waals surface area contributed by atoms with Gasteiger partial charge in [0.05, 0.1) is 11.1 Å². The molecular formula is C12H14ClFO. The van der Waals surface area contributed by atoms with E-state index in [1.54, 1.807) is 12.1 Å². The lowest BCUT2D eigenvalue weighted by atomic mass is 10.0. The molecular weight excluding hydrogens is 215 g/mol. The quantitative estimate of drug-likeness (QED) is 0.599. The van der Waals surface area contributed by atoms with E-state index >= 15 is 0 Å². The molecule has 0 radical (unpaired) electrons. The Morgan fingerprint density at radius 3 is 2.87 bits per heavy atom. The predicted octanol–water partition coefficient (Wildman–Crippen LogP) is 3.87. The normalized spacial score (nSPS) is 12.5. The highest BCUT2D eigenvalue weighted by atomic mass is 35.5. The van der Waals surface area contributed by atoms with Gasteiger partial charge < -0.3 is 5.11 Å². The molecule has 0 aromatic heterocycles. The summed E-state index contributed by atoms with van der Waals surface area (Å²) in [6.45, 7) is 3.60. The van der Waals surface area contributed by atoms with E-state index in [1.165, 1.54) is 12.1 Å². The molecule has 1 aromatic rings. The minimum absolute atomic E-state index is 0.0806. The third-order valence-electron chi connectivity index (χ3n) is 2.21. The van der Waals surface area contributed by atoms with Crippen LogP contribution in [-0.4, -0.2) is 5.11 Å². The number of unbranched alkanes of at least 4 members (excludes halogenated alkanes) is 1. The van der Waals surface area contributed by atoms with Gasteiger partial charge in [0.15, 0.2) is 0 Å². The van der Waals surface area contributed by atoms with Crippen LogP contribution in [0.2, 0.25) is 5.02 Å². The second kappa shape index (κ2) is 5.89. The van der Waals surface area contributed by atoms with E-state index < -0.39 is 11.9 Å². The van der Waals surface area contributed by atoms with Gasteiger partial charge in [-0.05, 0) is 37.0 Å². The molecule has 15 heavy (non-hydrogen) atoms. The highest BCUT2D eigenvalue weighted by Crippen LogP contribution is 2.23. The number of rotatable bonds is 5. The lowest BCUT2D eigenvalue weighted by molar-refractivity contribution is 0.164. The third kappa shape index (κ3) is 3.65. The van der Waals surface area contributed by atoms with Crippen LogP contribution >= 0.6 is 11.6 Å². The molecule has 82 valence electrons. The van der Waals surface area contributed by atoms with Crippen LogP contribution in [0.4, 0.5) is 4.39 Å². The molecule has 0 amide bonds. The van der Waals surface area contributed by atoms with E-state index in [4.69, 9.17) is 11.6 Å². The standard InChI is InChI=1S/C12H14ClFO/c1-2-3-4-5-12(15)9-6-7-10(13)11(14)8-9/h2,6-8,12,15H,1,3-5H2. The molecule has 1 aromatic carbocycles. The van der Waals surface area contributed by atoms with E-state index in [0.29, 0.717) is 12.0 Å². The van der Waals surface area contributed by atoms with Crippen LogP contribution in [0.1, 0.15) is 30.9 Å². The number of aliphatic hydroxyl groups is 1. The van der Waals surface area contributed by atoms with Gasteiger partial charge in [0.25, 0.3) is 0 Å². The summed E-state index contributed by atoms with van der Waals surface area (Å²) in [7, 11) is 0. The summed E-state index contributed by atoms with van der Waals surface area (Å²) in [6, 6.07) is 4.38. The Labute approximate surface area is 94.2 Å². The minimum Gasteiger partial charge on any atom is -0.388 e. The molecule has 1 rings (SSSR count). The molecule has 1 unspecified atom stereocenters. The zero-order chi connectivity index (χ0) is 11.3. The van der Waals surface area contributed by atoms with Gasteiger partial charge in [-0.25, -0.2) is 4.39 Å². The second-order valence-corrected chi connectivity index (χ2v) is 3.82. The van der Waals surface area contributed by atoms with Crippen LogP contribution in [0.25, 0.3) is 0 Å². The first-order valence-electron chi connectivity index (χ1n) is 4.89. The first kappa shape index (κ1) is 12.2. The molecule has 0 aliphatic rings. The molecule has 0 spiro atoms. The first-order valence-corrected chi connectivity index (χ1v) is 5.27. The molecule has 3 heteroatoms. The maximum Gasteiger partial charge on any atom is 0.142 e. The number of aliphatic hydroxyl groups excluding tert-OH is 1. The lowest BCUT2D eigenvalue weighted by Gasteiger charge is -2.10. The predicted molar refractivity (Wildman–Crippen MR) is 60.4 cm³/mol. The average molecular weight is 229 g/mol. The topological polar surface area (TPSA) is 20.2 Å². The molecule has 0 fully saturated rings. The molecule has 0 aliphatic heterocycles. The first-order chi connectivity index (χ1) is 7.15. The van der Waals surface area contributed by atoms with Gasteiger partial charge in [-0.1, -0.05) is 23.7 Å². The van der Waals surface area contributed by atoms with Crippen LogP contribution in [0.5, 0.6) is 0 Å². The van der Waals surface area contributed by atoms with Crippen LogP contribution < -0.4 is 0 Å². The van der Waals surface area contributed by atoms with Crippen molar-refractivity contribution < 1.29 is 9.50 Å². The Balaban J connectivity index is 2.61. The molecule has 1 N–H and O–H groups in total. The van der Waals surface area contributed by atoms with E-state index in [-0.39, 0.29) is 5.02 Å². The summed E-state index contributed by atoms with van der Waals surface area (Å²) >= 11 is 5.54. The van der Waals surface area contributed by atoms with Crippen molar-refractivity contribution in [3.63, 3.8) is 0 Å². The van der Waals surface area contributed by atoms with Gasteiger partial charge in [-0.15, -0.1) is 6.58 Å². The molecule has 0 saturated heterocycles. The molecule has 0 bridgehead atoms. The number of halogens is 2. The fourth-order valence-electron chi connectivity index (χ4n) is 1.34. The monoisotopic (exact) mass is 228 g/mol. The van der Waals surface area contributed by atoms with Crippen molar-refractivity contribution in [2.45, 2.75) is 25.4 Å². The Bertz CT molecular complexity index is 338. The molecule has 1 atom stereocenters. The van der Waals surface area contributed by atoms with Gasteiger partial charge >= 0.3 is 0 Å².